The van der Waals surface area contributed by atoms with Crippen molar-refractivity contribution in [3.8, 4) is 22.8 Å². The van der Waals surface area contributed by atoms with Crippen molar-refractivity contribution in [1.29, 1.82) is 0 Å². The third-order valence-corrected chi connectivity index (χ3v) is 13.6. The van der Waals surface area contributed by atoms with Gasteiger partial charge in [-0.05, 0) is 63.9 Å². The fourth-order valence-corrected chi connectivity index (χ4v) is 6.34. The number of methoxy groups -OCH3 is 2. The molecule has 1 aromatic carbocycles. The molecule has 0 saturated heterocycles. The summed E-state index contributed by atoms with van der Waals surface area (Å²) in [6, 6.07) is 5.72. The molecule has 0 amide bonds. The minimum Gasteiger partial charge on any atom is -0.497 e. The minimum atomic E-state index is -2.18. The lowest BCUT2D eigenvalue weighted by Gasteiger charge is -2.36. The summed E-state index contributed by atoms with van der Waals surface area (Å²) < 4.78 is 31.6. The molecule has 1 aliphatic rings. The van der Waals surface area contributed by atoms with E-state index in [-0.39, 0.29) is 23.6 Å². The van der Waals surface area contributed by atoms with Gasteiger partial charge in [-0.15, -0.1) is 0 Å². The Kier molecular flexibility index (Phi) is 9.51. The number of benzene rings is 1. The smallest absolute Gasteiger partial charge is 0.344 e. The van der Waals surface area contributed by atoms with Gasteiger partial charge in [-0.3, -0.25) is 0 Å². The highest BCUT2D eigenvalue weighted by molar-refractivity contribution is 6.74. The Balaban J connectivity index is 1.74. The van der Waals surface area contributed by atoms with Crippen LogP contribution in [0.4, 0.5) is 5.82 Å². The molecule has 0 aliphatic heterocycles. The van der Waals surface area contributed by atoms with Gasteiger partial charge in [0, 0.05) is 35.7 Å². The summed E-state index contributed by atoms with van der Waals surface area (Å²) in [5.74, 6) is 2.26. The number of esters is 1. The highest BCUT2D eigenvalue weighted by atomic mass is 28.4. The van der Waals surface area contributed by atoms with E-state index in [1.165, 1.54) is 0 Å². The van der Waals surface area contributed by atoms with Crippen LogP contribution in [0.25, 0.3) is 22.3 Å². The van der Waals surface area contributed by atoms with Gasteiger partial charge in [0.2, 0.25) is 0 Å². The van der Waals surface area contributed by atoms with Gasteiger partial charge in [-0.2, -0.15) is 0 Å². The van der Waals surface area contributed by atoms with Gasteiger partial charge in [0.15, 0.2) is 14.1 Å². The van der Waals surface area contributed by atoms with Crippen LogP contribution in [0.2, 0.25) is 18.1 Å². The van der Waals surface area contributed by atoms with Crippen LogP contribution in [0.15, 0.2) is 29.0 Å². The molecule has 5 rings (SSSR count). The fraction of sp³-hybridized carbons (Fsp3) is 0.529. The van der Waals surface area contributed by atoms with E-state index in [1.807, 2.05) is 18.2 Å². The quantitative estimate of drug-likeness (QED) is 0.113. The number of nitrogens with zero attached hydrogens (tertiary/aromatic N) is 4. The second-order valence-corrected chi connectivity index (χ2v) is 18.4. The predicted molar refractivity (Wildman–Crippen MR) is 180 cm³/mol. The van der Waals surface area contributed by atoms with E-state index in [0.29, 0.717) is 58.7 Å². The number of fused-ring (bicyclic) bond motifs is 1. The van der Waals surface area contributed by atoms with Crippen LogP contribution in [-0.4, -0.2) is 54.8 Å². The van der Waals surface area contributed by atoms with E-state index in [0.717, 1.165) is 29.5 Å². The molecule has 3 heterocycles. The molecule has 1 N–H and O–H groups in total. The van der Waals surface area contributed by atoms with Gasteiger partial charge in [-0.1, -0.05) is 25.9 Å². The van der Waals surface area contributed by atoms with Gasteiger partial charge >= 0.3 is 5.97 Å². The normalized spacial score (nSPS) is 13.8. The molecule has 12 heteroatoms. The first-order valence-corrected chi connectivity index (χ1v) is 18.9. The molecular formula is C34H47N5O6Si. The summed E-state index contributed by atoms with van der Waals surface area (Å²) in [7, 11) is 1.08. The van der Waals surface area contributed by atoms with E-state index >= 15 is 0 Å². The SMILES string of the molecule is CCOC(=O)c1c(-c2c(CO[Si](C)(C)C(C)(C)C)n(C(C)C)c3ncnc(NCc4ccc(OC)cc4OC)c23)noc1C1CC1. The first-order chi connectivity index (χ1) is 21.8. The van der Waals surface area contributed by atoms with Crippen molar-refractivity contribution in [3.63, 3.8) is 0 Å². The largest absolute Gasteiger partial charge is 0.497 e. The van der Waals surface area contributed by atoms with Crippen molar-refractivity contribution in [2.75, 3.05) is 26.1 Å². The van der Waals surface area contributed by atoms with Crippen molar-refractivity contribution < 1.29 is 28.0 Å². The number of anilines is 1. The summed E-state index contributed by atoms with van der Waals surface area (Å²) in [6.07, 6.45) is 3.44. The van der Waals surface area contributed by atoms with Crippen molar-refractivity contribution in [3.05, 3.63) is 47.1 Å². The van der Waals surface area contributed by atoms with E-state index in [2.05, 4.69) is 62.8 Å². The van der Waals surface area contributed by atoms with E-state index < -0.39 is 14.3 Å². The highest BCUT2D eigenvalue weighted by Crippen LogP contribution is 2.48. The number of aromatic nitrogens is 4. The monoisotopic (exact) mass is 649 g/mol. The van der Waals surface area contributed by atoms with Gasteiger partial charge in [0.1, 0.15) is 40.5 Å². The van der Waals surface area contributed by atoms with Crippen LogP contribution < -0.4 is 14.8 Å². The third-order valence-electron chi connectivity index (χ3n) is 9.10. The molecule has 4 aromatic rings. The molecule has 0 bridgehead atoms. The molecule has 46 heavy (non-hydrogen) atoms. The summed E-state index contributed by atoms with van der Waals surface area (Å²) in [6.45, 7) is 18.1. The average molecular weight is 650 g/mol. The standard InChI is InChI=1S/C34H47N5O6Si/c1-11-43-33(40)28-29(38-45-30(28)21-12-13-21)26-24(18-44-46(9,10)34(4,5)6)39(20(2)3)32-27(26)31(36-19-37-32)35-17-22-14-15-23(41-7)16-25(22)42-8/h14-16,19-21H,11-13,17-18H2,1-10H3,(H,35,36,37). The van der Waals surface area contributed by atoms with Crippen molar-refractivity contribution in [2.24, 2.45) is 0 Å². The second kappa shape index (κ2) is 13.1. The zero-order valence-electron chi connectivity index (χ0n) is 28.7. The lowest BCUT2D eigenvalue weighted by Crippen LogP contribution is -2.40. The number of carbonyl (C=O) groups excluding carboxylic acids is 1. The zero-order chi connectivity index (χ0) is 33.4. The molecule has 1 fully saturated rings. The van der Waals surface area contributed by atoms with Crippen LogP contribution in [0, 0.1) is 0 Å². The van der Waals surface area contributed by atoms with Crippen molar-refractivity contribution in [1.82, 2.24) is 19.7 Å². The van der Waals surface area contributed by atoms with Gasteiger partial charge in [0.05, 0.1) is 38.5 Å². The maximum Gasteiger partial charge on any atom is 0.344 e. The molecule has 11 nitrogen and oxygen atoms in total. The first kappa shape index (κ1) is 33.5. The molecule has 1 aliphatic carbocycles. The van der Waals surface area contributed by atoms with Gasteiger partial charge < -0.3 is 33.0 Å². The Labute approximate surface area is 272 Å². The van der Waals surface area contributed by atoms with Crippen LogP contribution in [0.3, 0.4) is 0 Å². The Morgan fingerprint density at radius 2 is 1.89 bits per heavy atom. The summed E-state index contributed by atoms with van der Waals surface area (Å²) in [4.78, 5) is 23.1. The Bertz CT molecular complexity index is 1720. The zero-order valence-corrected chi connectivity index (χ0v) is 29.7. The van der Waals surface area contributed by atoms with Crippen LogP contribution in [0.5, 0.6) is 11.5 Å². The van der Waals surface area contributed by atoms with E-state index in [9.17, 15) is 4.79 Å². The fourth-order valence-electron chi connectivity index (χ4n) is 5.41. The number of hydrogen-bond donors (Lipinski definition) is 1. The maximum atomic E-state index is 13.6. The predicted octanol–water partition coefficient (Wildman–Crippen LogP) is 7.87. The van der Waals surface area contributed by atoms with Crippen LogP contribution in [0.1, 0.15) is 93.7 Å². The number of rotatable bonds is 13. The summed E-state index contributed by atoms with van der Waals surface area (Å²) in [5, 5.41) is 8.84. The van der Waals surface area contributed by atoms with Gasteiger partial charge in [-0.25, -0.2) is 14.8 Å². The van der Waals surface area contributed by atoms with E-state index in [4.69, 9.17) is 33.1 Å². The number of carbonyl (C=O) groups is 1. The summed E-state index contributed by atoms with van der Waals surface area (Å²) >= 11 is 0. The Hall–Kier alpha value is -3.90. The Morgan fingerprint density at radius 3 is 2.50 bits per heavy atom. The molecule has 0 radical (unpaired) electrons. The molecule has 0 unspecified atom stereocenters. The number of hydrogen-bond acceptors (Lipinski definition) is 10. The first-order valence-electron chi connectivity index (χ1n) is 16.0. The molecule has 248 valence electrons. The maximum absolute atomic E-state index is 13.6. The third kappa shape index (κ3) is 6.37. The molecule has 3 aromatic heterocycles. The molecule has 0 atom stereocenters. The van der Waals surface area contributed by atoms with Crippen molar-refractivity contribution >= 4 is 31.1 Å². The van der Waals surface area contributed by atoms with Crippen LogP contribution >= 0.6 is 0 Å². The molecular weight excluding hydrogens is 602 g/mol. The summed E-state index contributed by atoms with van der Waals surface area (Å²) in [5.41, 5.74) is 4.01. The molecule has 1 saturated carbocycles. The average Bonchev–Trinajstić information content (AvgIpc) is 3.67. The second-order valence-electron chi connectivity index (χ2n) is 13.6. The highest BCUT2D eigenvalue weighted by Gasteiger charge is 2.40. The minimum absolute atomic E-state index is 0.00505. The van der Waals surface area contributed by atoms with Crippen LogP contribution in [-0.2, 0) is 22.3 Å². The topological polar surface area (TPSA) is 123 Å². The lowest BCUT2D eigenvalue weighted by atomic mass is 10.0. The lowest BCUT2D eigenvalue weighted by molar-refractivity contribution is 0.0524. The van der Waals surface area contributed by atoms with E-state index in [1.54, 1.807) is 27.5 Å². The molecule has 0 spiro atoms. The Morgan fingerprint density at radius 1 is 1.15 bits per heavy atom. The van der Waals surface area contributed by atoms with Gasteiger partial charge in [0.25, 0.3) is 0 Å². The van der Waals surface area contributed by atoms with Crippen molar-refractivity contribution in [2.45, 2.75) is 97.6 Å². The number of nitrogens with one attached hydrogen (secondary N) is 1. The number of ether oxygens (including phenoxy) is 3.